The van der Waals surface area contributed by atoms with Gasteiger partial charge < -0.3 is 20.1 Å². The molecule has 2 aromatic carbocycles. The lowest BCUT2D eigenvalue weighted by molar-refractivity contribution is 0.126. The molecule has 158 valence electrons. The third-order valence-corrected chi connectivity index (χ3v) is 5.87. The number of aromatic amines is 1. The second kappa shape index (κ2) is 8.78. The van der Waals surface area contributed by atoms with Gasteiger partial charge in [0.25, 0.3) is 0 Å². The number of rotatable bonds is 6. The first-order valence-corrected chi connectivity index (χ1v) is 10.8. The molecule has 4 aromatic rings. The van der Waals surface area contributed by atoms with Gasteiger partial charge in [0.2, 0.25) is 5.95 Å². The fourth-order valence-corrected chi connectivity index (χ4v) is 4.19. The lowest BCUT2D eigenvalue weighted by Crippen LogP contribution is -2.28. The van der Waals surface area contributed by atoms with E-state index in [4.69, 9.17) is 9.72 Å². The summed E-state index contributed by atoms with van der Waals surface area (Å²) in [5, 5.41) is 14.2. The Labute approximate surface area is 181 Å². The third kappa shape index (κ3) is 4.39. The predicted molar refractivity (Wildman–Crippen MR) is 122 cm³/mol. The first-order chi connectivity index (χ1) is 15.3. The van der Waals surface area contributed by atoms with Gasteiger partial charge in [-0.3, -0.25) is 0 Å². The number of benzene rings is 2. The van der Waals surface area contributed by atoms with Crippen LogP contribution in [-0.2, 0) is 6.61 Å². The van der Waals surface area contributed by atoms with Crippen LogP contribution in [0.4, 0.5) is 5.95 Å². The number of nitrogens with zero attached hydrogens (tertiary/aromatic N) is 2. The van der Waals surface area contributed by atoms with Gasteiger partial charge in [-0.1, -0.05) is 36.4 Å². The quantitative estimate of drug-likeness (QED) is 0.417. The standard InChI is InChI=1S/C25H26N4O2/c30-19-11-9-18(10-12-19)28-25-26-14-13-21(29-25)20-15-27-22-7-4-8-23(24(20)22)31-16-17-5-2-1-3-6-17/h1-8,13-15,18-19,27,30H,9-12,16H2,(H,26,28,29). The average Bonchev–Trinajstić information content (AvgIpc) is 3.25. The van der Waals surface area contributed by atoms with E-state index in [1.165, 1.54) is 0 Å². The SMILES string of the molecule is OC1CCC(Nc2nccc(-c3c[nH]c4cccc(OCc5ccccc5)c34)n2)CC1. The number of hydrogen-bond donors (Lipinski definition) is 3. The van der Waals surface area contributed by atoms with Crippen LogP contribution in [0.1, 0.15) is 31.2 Å². The maximum atomic E-state index is 9.73. The van der Waals surface area contributed by atoms with Crippen molar-refractivity contribution in [1.82, 2.24) is 15.0 Å². The Morgan fingerprint density at radius 3 is 2.68 bits per heavy atom. The molecule has 1 fully saturated rings. The van der Waals surface area contributed by atoms with E-state index < -0.39 is 0 Å². The molecule has 31 heavy (non-hydrogen) atoms. The van der Waals surface area contributed by atoms with Crippen LogP contribution >= 0.6 is 0 Å². The van der Waals surface area contributed by atoms with Crippen molar-refractivity contribution >= 4 is 16.9 Å². The van der Waals surface area contributed by atoms with E-state index in [0.717, 1.165) is 59.2 Å². The second-order valence-electron chi connectivity index (χ2n) is 8.07. The summed E-state index contributed by atoms with van der Waals surface area (Å²) in [6.07, 6.45) is 7.09. The summed E-state index contributed by atoms with van der Waals surface area (Å²) in [5.41, 5.74) is 3.97. The molecule has 6 heteroatoms. The summed E-state index contributed by atoms with van der Waals surface area (Å²) < 4.78 is 6.18. The van der Waals surface area contributed by atoms with Crippen LogP contribution in [0.2, 0.25) is 0 Å². The molecule has 1 aliphatic carbocycles. The smallest absolute Gasteiger partial charge is 0.223 e. The molecule has 0 amide bonds. The molecule has 6 nitrogen and oxygen atoms in total. The molecule has 0 saturated heterocycles. The van der Waals surface area contributed by atoms with E-state index in [2.05, 4.69) is 27.4 Å². The van der Waals surface area contributed by atoms with Crippen molar-refractivity contribution in [2.45, 2.75) is 44.4 Å². The van der Waals surface area contributed by atoms with Crippen LogP contribution in [0.5, 0.6) is 5.75 Å². The number of aliphatic hydroxyl groups is 1. The van der Waals surface area contributed by atoms with Gasteiger partial charge in [-0.05, 0) is 49.4 Å². The van der Waals surface area contributed by atoms with Crippen LogP contribution in [0.25, 0.3) is 22.2 Å². The molecule has 0 unspecified atom stereocenters. The highest BCUT2D eigenvalue weighted by molar-refractivity contribution is 5.99. The van der Waals surface area contributed by atoms with Crippen LogP contribution in [0.3, 0.4) is 0 Å². The zero-order chi connectivity index (χ0) is 21.0. The van der Waals surface area contributed by atoms with Crippen molar-refractivity contribution in [3.05, 3.63) is 72.6 Å². The Balaban J connectivity index is 1.41. The van der Waals surface area contributed by atoms with E-state index in [-0.39, 0.29) is 6.10 Å². The molecule has 1 aliphatic rings. The Kier molecular flexibility index (Phi) is 5.54. The molecular formula is C25H26N4O2. The summed E-state index contributed by atoms with van der Waals surface area (Å²) in [5.74, 6) is 1.45. The van der Waals surface area contributed by atoms with E-state index >= 15 is 0 Å². The molecular weight excluding hydrogens is 388 g/mol. The molecule has 0 atom stereocenters. The summed E-state index contributed by atoms with van der Waals surface area (Å²) in [6, 6.07) is 18.4. The number of fused-ring (bicyclic) bond motifs is 1. The monoisotopic (exact) mass is 414 g/mol. The molecule has 2 heterocycles. The highest BCUT2D eigenvalue weighted by Gasteiger charge is 2.20. The summed E-state index contributed by atoms with van der Waals surface area (Å²) in [6.45, 7) is 0.509. The third-order valence-electron chi connectivity index (χ3n) is 5.87. The number of anilines is 1. The lowest BCUT2D eigenvalue weighted by atomic mass is 9.93. The van der Waals surface area contributed by atoms with E-state index in [1.54, 1.807) is 6.20 Å². The number of nitrogens with one attached hydrogen (secondary N) is 2. The largest absolute Gasteiger partial charge is 0.488 e. The zero-order valence-corrected chi connectivity index (χ0v) is 17.3. The van der Waals surface area contributed by atoms with Gasteiger partial charge in [0, 0.05) is 29.5 Å². The summed E-state index contributed by atoms with van der Waals surface area (Å²) in [7, 11) is 0. The molecule has 0 radical (unpaired) electrons. The number of hydrogen-bond acceptors (Lipinski definition) is 5. The van der Waals surface area contributed by atoms with E-state index in [9.17, 15) is 5.11 Å². The van der Waals surface area contributed by atoms with Crippen molar-refractivity contribution < 1.29 is 9.84 Å². The fourth-order valence-electron chi connectivity index (χ4n) is 4.19. The first-order valence-electron chi connectivity index (χ1n) is 10.8. The van der Waals surface area contributed by atoms with Gasteiger partial charge in [0.15, 0.2) is 0 Å². The highest BCUT2D eigenvalue weighted by Crippen LogP contribution is 2.35. The van der Waals surface area contributed by atoms with Gasteiger partial charge in [0.05, 0.1) is 17.2 Å². The molecule has 0 aliphatic heterocycles. The van der Waals surface area contributed by atoms with Crippen molar-refractivity contribution in [1.29, 1.82) is 0 Å². The van der Waals surface area contributed by atoms with Gasteiger partial charge >= 0.3 is 0 Å². The topological polar surface area (TPSA) is 83.1 Å². The first kappa shape index (κ1) is 19.6. The number of H-pyrrole nitrogens is 1. The Morgan fingerprint density at radius 2 is 1.84 bits per heavy atom. The maximum absolute atomic E-state index is 9.73. The Bertz CT molecular complexity index is 1150. The van der Waals surface area contributed by atoms with Crippen LogP contribution < -0.4 is 10.1 Å². The number of aliphatic hydroxyl groups excluding tert-OH is 1. The zero-order valence-electron chi connectivity index (χ0n) is 17.3. The van der Waals surface area contributed by atoms with Crippen molar-refractivity contribution in [3.8, 4) is 17.0 Å². The van der Waals surface area contributed by atoms with Gasteiger partial charge in [0.1, 0.15) is 12.4 Å². The van der Waals surface area contributed by atoms with E-state index in [1.807, 2.05) is 48.7 Å². The molecule has 0 spiro atoms. The normalized spacial score (nSPS) is 18.7. The van der Waals surface area contributed by atoms with Gasteiger partial charge in [-0.15, -0.1) is 0 Å². The maximum Gasteiger partial charge on any atom is 0.223 e. The number of ether oxygens (including phenoxy) is 1. The summed E-state index contributed by atoms with van der Waals surface area (Å²) in [4.78, 5) is 12.5. The fraction of sp³-hybridized carbons (Fsp3) is 0.280. The molecule has 5 rings (SSSR count). The highest BCUT2D eigenvalue weighted by atomic mass is 16.5. The Morgan fingerprint density at radius 1 is 1.00 bits per heavy atom. The molecule has 0 bridgehead atoms. The van der Waals surface area contributed by atoms with Crippen LogP contribution in [0.15, 0.2) is 67.0 Å². The molecule has 2 aromatic heterocycles. The predicted octanol–water partition coefficient (Wildman–Crippen LogP) is 4.92. The number of aromatic nitrogens is 3. The average molecular weight is 415 g/mol. The molecule has 3 N–H and O–H groups in total. The second-order valence-corrected chi connectivity index (χ2v) is 8.07. The van der Waals surface area contributed by atoms with Crippen LogP contribution in [-0.4, -0.2) is 32.2 Å². The molecule has 1 saturated carbocycles. The Hall–Kier alpha value is -3.38. The van der Waals surface area contributed by atoms with Crippen molar-refractivity contribution in [2.75, 3.05) is 5.32 Å². The minimum atomic E-state index is -0.175. The van der Waals surface area contributed by atoms with Crippen molar-refractivity contribution in [3.63, 3.8) is 0 Å². The minimum Gasteiger partial charge on any atom is -0.488 e. The van der Waals surface area contributed by atoms with Gasteiger partial charge in [-0.2, -0.15) is 0 Å². The van der Waals surface area contributed by atoms with Crippen LogP contribution in [0, 0.1) is 0 Å². The summed E-state index contributed by atoms with van der Waals surface area (Å²) >= 11 is 0. The van der Waals surface area contributed by atoms with E-state index in [0.29, 0.717) is 18.6 Å². The van der Waals surface area contributed by atoms with Crippen molar-refractivity contribution in [2.24, 2.45) is 0 Å². The lowest BCUT2D eigenvalue weighted by Gasteiger charge is -2.26. The van der Waals surface area contributed by atoms with Gasteiger partial charge in [-0.25, -0.2) is 9.97 Å². The minimum absolute atomic E-state index is 0.175.